The molecule has 1 aliphatic rings. The molecule has 1 aromatic carbocycles. The third-order valence-corrected chi connectivity index (χ3v) is 4.06. The summed E-state index contributed by atoms with van der Waals surface area (Å²) in [5.74, 6) is 0. The van der Waals surface area contributed by atoms with Gasteiger partial charge in [-0.2, -0.15) is 0 Å². The maximum atomic E-state index is 12.4. The highest BCUT2D eigenvalue weighted by molar-refractivity contribution is 6.31. The lowest BCUT2D eigenvalue weighted by Gasteiger charge is -2.31. The number of aromatic nitrogens is 1. The number of ether oxygens (including phenoxy) is 1. The molecule has 0 spiro atoms. The Bertz CT molecular complexity index is 836. The number of carbonyl (C=O) groups is 1. The third-order valence-electron chi connectivity index (χ3n) is 3.83. The largest absolute Gasteiger partial charge is 0.444 e. The lowest BCUT2D eigenvalue weighted by Crippen LogP contribution is -2.41. The molecule has 1 aromatic heterocycles. The van der Waals surface area contributed by atoms with Gasteiger partial charge < -0.3 is 14.6 Å². The van der Waals surface area contributed by atoms with Crippen molar-refractivity contribution in [1.29, 1.82) is 0 Å². The van der Waals surface area contributed by atoms with E-state index < -0.39 is 11.7 Å². The third kappa shape index (κ3) is 3.20. The minimum absolute atomic E-state index is 0.178. The zero-order chi connectivity index (χ0) is 16.8. The topological polar surface area (TPSA) is 62.4 Å². The standard InChI is InChI=1S/C17H19ClN2O3/c1-17(2,3)23-16(22)20-7-6-11-12-5-4-10(18)8-14(12)19-15(21)13(11)9-20/h4-5,8H,6-7,9H2,1-3H3,(H,19,21). The first-order chi connectivity index (χ1) is 10.7. The highest BCUT2D eigenvalue weighted by atomic mass is 35.5. The smallest absolute Gasteiger partial charge is 0.410 e. The van der Waals surface area contributed by atoms with Gasteiger partial charge in [0.25, 0.3) is 5.56 Å². The van der Waals surface area contributed by atoms with Gasteiger partial charge in [0.1, 0.15) is 5.60 Å². The average molecular weight is 335 g/mol. The summed E-state index contributed by atoms with van der Waals surface area (Å²) in [4.78, 5) is 29.0. The molecule has 2 aromatic rings. The molecule has 3 rings (SSSR count). The number of hydrogen-bond acceptors (Lipinski definition) is 3. The van der Waals surface area contributed by atoms with Crippen LogP contribution in [0.1, 0.15) is 31.9 Å². The van der Waals surface area contributed by atoms with Crippen LogP contribution >= 0.6 is 11.6 Å². The summed E-state index contributed by atoms with van der Waals surface area (Å²) >= 11 is 5.99. The zero-order valence-corrected chi connectivity index (χ0v) is 14.2. The van der Waals surface area contributed by atoms with E-state index in [0.29, 0.717) is 23.6 Å². The molecule has 0 unspecified atom stereocenters. The van der Waals surface area contributed by atoms with Gasteiger partial charge in [-0.05, 0) is 44.9 Å². The van der Waals surface area contributed by atoms with Crippen LogP contribution in [0.5, 0.6) is 0 Å². The van der Waals surface area contributed by atoms with E-state index in [1.807, 2.05) is 32.9 Å². The molecular formula is C17H19ClN2O3. The molecule has 0 saturated carbocycles. The first-order valence-corrected chi connectivity index (χ1v) is 7.93. The van der Waals surface area contributed by atoms with Crippen LogP contribution < -0.4 is 5.56 Å². The Kier molecular flexibility index (Phi) is 3.84. The predicted molar refractivity (Wildman–Crippen MR) is 89.9 cm³/mol. The van der Waals surface area contributed by atoms with E-state index in [4.69, 9.17) is 16.3 Å². The molecule has 0 atom stereocenters. The second-order valence-electron chi connectivity index (χ2n) is 6.75. The lowest BCUT2D eigenvalue weighted by molar-refractivity contribution is 0.0223. The van der Waals surface area contributed by atoms with Crippen molar-refractivity contribution >= 4 is 28.6 Å². The molecule has 1 N–H and O–H groups in total. The van der Waals surface area contributed by atoms with Crippen molar-refractivity contribution in [2.45, 2.75) is 39.3 Å². The minimum Gasteiger partial charge on any atom is -0.444 e. The van der Waals surface area contributed by atoms with Crippen LogP contribution in [0.15, 0.2) is 23.0 Å². The number of fused-ring (bicyclic) bond motifs is 3. The number of carbonyl (C=O) groups excluding carboxylic acids is 1. The molecule has 1 amide bonds. The van der Waals surface area contributed by atoms with E-state index in [-0.39, 0.29) is 12.1 Å². The van der Waals surface area contributed by atoms with E-state index >= 15 is 0 Å². The van der Waals surface area contributed by atoms with Crippen molar-refractivity contribution in [2.75, 3.05) is 6.54 Å². The summed E-state index contributed by atoms with van der Waals surface area (Å²) in [6, 6.07) is 5.47. The highest BCUT2D eigenvalue weighted by Crippen LogP contribution is 2.26. The number of pyridine rings is 1. The number of amides is 1. The Hall–Kier alpha value is -2.01. The van der Waals surface area contributed by atoms with Gasteiger partial charge in [0.2, 0.25) is 0 Å². The molecule has 23 heavy (non-hydrogen) atoms. The van der Waals surface area contributed by atoms with Crippen molar-refractivity contribution in [3.8, 4) is 0 Å². The van der Waals surface area contributed by atoms with Crippen LogP contribution in [0.25, 0.3) is 10.9 Å². The normalized spacial score (nSPS) is 14.7. The van der Waals surface area contributed by atoms with Gasteiger partial charge >= 0.3 is 6.09 Å². The fourth-order valence-electron chi connectivity index (χ4n) is 2.83. The molecule has 0 fully saturated rings. The van der Waals surface area contributed by atoms with E-state index in [1.165, 1.54) is 0 Å². The van der Waals surface area contributed by atoms with Gasteiger partial charge in [-0.1, -0.05) is 17.7 Å². The lowest BCUT2D eigenvalue weighted by atomic mass is 9.97. The first-order valence-electron chi connectivity index (χ1n) is 7.56. The number of hydrogen-bond donors (Lipinski definition) is 1. The van der Waals surface area contributed by atoms with Gasteiger partial charge in [0.05, 0.1) is 12.1 Å². The molecular weight excluding hydrogens is 316 g/mol. The molecule has 122 valence electrons. The van der Waals surface area contributed by atoms with Crippen LogP contribution in [-0.2, 0) is 17.7 Å². The molecule has 1 aliphatic heterocycles. The Balaban J connectivity index is 1.97. The zero-order valence-electron chi connectivity index (χ0n) is 13.4. The highest BCUT2D eigenvalue weighted by Gasteiger charge is 2.28. The fourth-order valence-corrected chi connectivity index (χ4v) is 3.00. The maximum Gasteiger partial charge on any atom is 0.410 e. The molecule has 0 radical (unpaired) electrons. The second kappa shape index (κ2) is 5.57. The Morgan fingerprint density at radius 1 is 1.30 bits per heavy atom. The SMILES string of the molecule is CC(C)(C)OC(=O)N1CCc2c(c(=O)[nH]c3cc(Cl)ccc23)C1. The monoisotopic (exact) mass is 334 g/mol. The maximum absolute atomic E-state index is 12.4. The van der Waals surface area contributed by atoms with Crippen LogP contribution in [-0.4, -0.2) is 28.1 Å². The summed E-state index contributed by atoms with van der Waals surface area (Å²) in [5.41, 5.74) is 1.61. The van der Waals surface area contributed by atoms with Gasteiger partial charge in [-0.3, -0.25) is 4.79 Å². The van der Waals surface area contributed by atoms with Gasteiger partial charge in [0, 0.05) is 22.5 Å². The van der Waals surface area contributed by atoms with Crippen molar-refractivity contribution in [3.63, 3.8) is 0 Å². The van der Waals surface area contributed by atoms with Crippen molar-refractivity contribution in [2.24, 2.45) is 0 Å². The molecule has 2 heterocycles. The number of nitrogens with zero attached hydrogens (tertiary/aromatic N) is 1. The Labute approximate surface area is 139 Å². The number of rotatable bonds is 0. The minimum atomic E-state index is -0.552. The summed E-state index contributed by atoms with van der Waals surface area (Å²) in [6.45, 7) is 6.27. The second-order valence-corrected chi connectivity index (χ2v) is 7.19. The Morgan fingerprint density at radius 3 is 2.74 bits per heavy atom. The number of aromatic amines is 1. The van der Waals surface area contributed by atoms with Crippen LogP contribution in [0.4, 0.5) is 4.79 Å². The number of H-pyrrole nitrogens is 1. The molecule has 6 heteroatoms. The summed E-state index contributed by atoms with van der Waals surface area (Å²) < 4.78 is 5.39. The summed E-state index contributed by atoms with van der Waals surface area (Å²) in [7, 11) is 0. The van der Waals surface area contributed by atoms with E-state index in [1.54, 1.807) is 11.0 Å². The summed E-state index contributed by atoms with van der Waals surface area (Å²) in [6.07, 6.45) is 0.232. The first kappa shape index (κ1) is 15.9. The predicted octanol–water partition coefficient (Wildman–Crippen LogP) is 3.47. The summed E-state index contributed by atoms with van der Waals surface area (Å²) in [5, 5.41) is 1.56. The van der Waals surface area contributed by atoms with E-state index in [0.717, 1.165) is 16.5 Å². The fraction of sp³-hybridized carbons (Fsp3) is 0.412. The van der Waals surface area contributed by atoms with Gasteiger partial charge in [-0.25, -0.2) is 4.79 Å². The van der Waals surface area contributed by atoms with E-state index in [2.05, 4.69) is 4.98 Å². The van der Waals surface area contributed by atoms with Gasteiger partial charge in [-0.15, -0.1) is 0 Å². The van der Waals surface area contributed by atoms with Crippen LogP contribution in [0, 0.1) is 0 Å². The van der Waals surface area contributed by atoms with Crippen LogP contribution in [0.3, 0.4) is 0 Å². The van der Waals surface area contributed by atoms with Crippen molar-refractivity contribution < 1.29 is 9.53 Å². The van der Waals surface area contributed by atoms with Gasteiger partial charge in [0.15, 0.2) is 0 Å². The number of nitrogens with one attached hydrogen (secondary N) is 1. The molecule has 0 aliphatic carbocycles. The quantitative estimate of drug-likeness (QED) is 0.802. The van der Waals surface area contributed by atoms with Crippen molar-refractivity contribution in [1.82, 2.24) is 9.88 Å². The number of benzene rings is 1. The van der Waals surface area contributed by atoms with E-state index in [9.17, 15) is 9.59 Å². The molecule has 0 bridgehead atoms. The Morgan fingerprint density at radius 2 is 2.04 bits per heavy atom. The molecule has 5 nitrogen and oxygen atoms in total. The molecule has 0 saturated heterocycles. The van der Waals surface area contributed by atoms with Crippen molar-refractivity contribution in [3.05, 3.63) is 44.7 Å². The number of halogens is 1. The van der Waals surface area contributed by atoms with Crippen LogP contribution in [0.2, 0.25) is 5.02 Å². The average Bonchev–Trinajstić information content (AvgIpc) is 2.45.